The normalized spacial score (nSPS) is 19.3. The van der Waals surface area contributed by atoms with Crippen molar-refractivity contribution < 1.29 is 14.0 Å². The Morgan fingerprint density at radius 2 is 2.06 bits per heavy atom. The first kappa shape index (κ1) is 14.4. The Morgan fingerprint density at radius 1 is 1.47 bits per heavy atom. The first-order valence-corrected chi connectivity index (χ1v) is 6.15. The second kappa shape index (κ2) is 6.31. The Kier molecular flexibility index (Phi) is 5.33. The molecule has 0 aromatic rings. The van der Waals surface area contributed by atoms with Crippen molar-refractivity contribution >= 4 is 5.91 Å². The monoisotopic (exact) mass is 246 g/mol. The van der Waals surface area contributed by atoms with Gasteiger partial charge in [-0.1, -0.05) is 0 Å². The molecule has 0 bridgehead atoms. The van der Waals surface area contributed by atoms with Crippen molar-refractivity contribution in [3.63, 3.8) is 0 Å². The van der Waals surface area contributed by atoms with Crippen molar-refractivity contribution in [3.05, 3.63) is 0 Å². The molecule has 0 radical (unpaired) electrons. The molecule has 17 heavy (non-hydrogen) atoms. The molecule has 0 spiro atoms. The SMILES string of the molecule is CON1CCC(CC(=O)NCC(C)(C)F)CC1. The van der Waals surface area contributed by atoms with E-state index in [9.17, 15) is 9.18 Å². The highest BCUT2D eigenvalue weighted by molar-refractivity contribution is 5.76. The van der Waals surface area contributed by atoms with Crippen LogP contribution < -0.4 is 5.32 Å². The number of rotatable bonds is 5. The molecule has 1 fully saturated rings. The van der Waals surface area contributed by atoms with Crippen LogP contribution in [0.15, 0.2) is 0 Å². The maximum Gasteiger partial charge on any atom is 0.220 e. The fraction of sp³-hybridized carbons (Fsp3) is 0.917. The number of hydroxylamine groups is 2. The van der Waals surface area contributed by atoms with Crippen LogP contribution in [0.2, 0.25) is 0 Å². The van der Waals surface area contributed by atoms with E-state index < -0.39 is 5.67 Å². The lowest BCUT2D eigenvalue weighted by molar-refractivity contribution is -0.150. The molecule has 1 rings (SSSR count). The van der Waals surface area contributed by atoms with Crippen LogP contribution in [-0.2, 0) is 9.63 Å². The van der Waals surface area contributed by atoms with Gasteiger partial charge >= 0.3 is 0 Å². The highest BCUT2D eigenvalue weighted by Gasteiger charge is 2.22. The predicted octanol–water partition coefficient (Wildman–Crippen LogP) is 1.51. The van der Waals surface area contributed by atoms with E-state index in [1.54, 1.807) is 7.11 Å². The maximum atomic E-state index is 13.2. The lowest BCUT2D eigenvalue weighted by Crippen LogP contribution is -2.38. The molecule has 0 aromatic heterocycles. The summed E-state index contributed by atoms with van der Waals surface area (Å²) < 4.78 is 13.2. The van der Waals surface area contributed by atoms with Gasteiger partial charge in [-0.15, -0.1) is 0 Å². The molecular weight excluding hydrogens is 223 g/mol. The average Bonchev–Trinajstić information content (AvgIpc) is 2.27. The third kappa shape index (κ3) is 5.98. The van der Waals surface area contributed by atoms with Crippen molar-refractivity contribution in [1.82, 2.24) is 10.4 Å². The summed E-state index contributed by atoms with van der Waals surface area (Å²) in [6, 6.07) is 0. The maximum absolute atomic E-state index is 13.2. The van der Waals surface area contributed by atoms with E-state index in [2.05, 4.69) is 5.32 Å². The molecule has 5 heteroatoms. The molecular formula is C12H23FN2O2. The van der Waals surface area contributed by atoms with Crippen LogP contribution in [0.4, 0.5) is 4.39 Å². The lowest BCUT2D eigenvalue weighted by atomic mass is 9.94. The number of amides is 1. The number of hydrogen-bond acceptors (Lipinski definition) is 3. The average molecular weight is 246 g/mol. The van der Waals surface area contributed by atoms with Crippen LogP contribution in [0.1, 0.15) is 33.1 Å². The molecule has 100 valence electrons. The standard InChI is InChI=1S/C12H23FN2O2/c1-12(2,13)9-14-11(16)8-10-4-6-15(17-3)7-5-10/h10H,4-9H2,1-3H3,(H,14,16). The van der Waals surface area contributed by atoms with Crippen LogP contribution in [0.5, 0.6) is 0 Å². The van der Waals surface area contributed by atoms with Gasteiger partial charge in [0.05, 0.1) is 13.7 Å². The minimum Gasteiger partial charge on any atom is -0.353 e. The van der Waals surface area contributed by atoms with Gasteiger partial charge in [0.1, 0.15) is 5.67 Å². The number of halogens is 1. The molecule has 0 atom stereocenters. The van der Waals surface area contributed by atoms with E-state index in [0.717, 1.165) is 25.9 Å². The van der Waals surface area contributed by atoms with E-state index in [1.165, 1.54) is 13.8 Å². The van der Waals surface area contributed by atoms with Crippen LogP contribution >= 0.6 is 0 Å². The van der Waals surface area contributed by atoms with Crippen LogP contribution in [0, 0.1) is 5.92 Å². The number of nitrogens with zero attached hydrogens (tertiary/aromatic N) is 1. The van der Waals surface area contributed by atoms with Crippen LogP contribution in [0.3, 0.4) is 0 Å². The zero-order valence-electron chi connectivity index (χ0n) is 11.0. The van der Waals surface area contributed by atoms with Gasteiger partial charge in [0.15, 0.2) is 0 Å². The molecule has 1 heterocycles. The summed E-state index contributed by atoms with van der Waals surface area (Å²) >= 11 is 0. The van der Waals surface area contributed by atoms with Crippen molar-refractivity contribution in [2.24, 2.45) is 5.92 Å². The third-order valence-corrected chi connectivity index (χ3v) is 3.01. The van der Waals surface area contributed by atoms with Gasteiger partial charge in [0.25, 0.3) is 0 Å². The van der Waals surface area contributed by atoms with Gasteiger partial charge in [-0.25, -0.2) is 4.39 Å². The van der Waals surface area contributed by atoms with Crippen molar-refractivity contribution in [3.8, 4) is 0 Å². The highest BCUT2D eigenvalue weighted by atomic mass is 19.1. The van der Waals surface area contributed by atoms with Crippen LogP contribution in [0.25, 0.3) is 0 Å². The molecule has 1 saturated heterocycles. The minimum absolute atomic E-state index is 0.0495. The summed E-state index contributed by atoms with van der Waals surface area (Å²) in [5, 5.41) is 4.54. The van der Waals surface area contributed by atoms with Gasteiger partial charge in [-0.3, -0.25) is 4.79 Å². The predicted molar refractivity (Wildman–Crippen MR) is 64.1 cm³/mol. The Balaban J connectivity index is 2.19. The smallest absolute Gasteiger partial charge is 0.220 e. The van der Waals surface area contributed by atoms with Crippen molar-refractivity contribution in [1.29, 1.82) is 0 Å². The third-order valence-electron chi connectivity index (χ3n) is 3.01. The number of carbonyl (C=O) groups is 1. The van der Waals surface area contributed by atoms with Crippen LogP contribution in [-0.4, -0.2) is 43.4 Å². The molecule has 1 N–H and O–H groups in total. The summed E-state index contributed by atoms with van der Waals surface area (Å²) in [6.45, 7) is 4.74. The number of nitrogens with one attached hydrogen (secondary N) is 1. The van der Waals surface area contributed by atoms with Gasteiger partial charge in [0.2, 0.25) is 5.91 Å². The van der Waals surface area contributed by atoms with Gasteiger partial charge in [0, 0.05) is 19.5 Å². The minimum atomic E-state index is -1.34. The summed E-state index contributed by atoms with van der Waals surface area (Å²) in [5.74, 6) is 0.343. The first-order chi connectivity index (χ1) is 7.90. The zero-order valence-corrected chi connectivity index (χ0v) is 11.0. The number of hydrogen-bond donors (Lipinski definition) is 1. The fourth-order valence-electron chi connectivity index (χ4n) is 1.94. The van der Waals surface area contributed by atoms with Gasteiger partial charge in [-0.05, 0) is 32.6 Å². The largest absolute Gasteiger partial charge is 0.353 e. The zero-order chi connectivity index (χ0) is 12.9. The second-order valence-corrected chi connectivity index (χ2v) is 5.25. The Bertz CT molecular complexity index is 245. The number of carbonyl (C=O) groups excluding carboxylic acids is 1. The molecule has 0 aromatic carbocycles. The highest BCUT2D eigenvalue weighted by Crippen LogP contribution is 2.20. The molecule has 0 saturated carbocycles. The molecule has 1 aliphatic heterocycles. The molecule has 1 amide bonds. The van der Waals surface area contributed by atoms with E-state index >= 15 is 0 Å². The van der Waals surface area contributed by atoms with Crippen molar-refractivity contribution in [2.75, 3.05) is 26.7 Å². The lowest BCUT2D eigenvalue weighted by Gasteiger charge is -2.29. The van der Waals surface area contributed by atoms with Crippen molar-refractivity contribution in [2.45, 2.75) is 38.8 Å². The summed E-state index contributed by atoms with van der Waals surface area (Å²) in [6.07, 6.45) is 2.41. The molecule has 0 unspecified atom stereocenters. The summed E-state index contributed by atoms with van der Waals surface area (Å²) in [5.41, 5.74) is -1.34. The second-order valence-electron chi connectivity index (χ2n) is 5.25. The van der Waals surface area contributed by atoms with Gasteiger partial charge in [-0.2, -0.15) is 5.06 Å². The quantitative estimate of drug-likeness (QED) is 0.799. The van der Waals surface area contributed by atoms with E-state index in [1.807, 2.05) is 5.06 Å². The van der Waals surface area contributed by atoms with E-state index in [4.69, 9.17) is 4.84 Å². The summed E-state index contributed by atoms with van der Waals surface area (Å²) in [7, 11) is 1.66. The topological polar surface area (TPSA) is 41.6 Å². The van der Waals surface area contributed by atoms with Gasteiger partial charge < -0.3 is 10.2 Å². The number of alkyl halides is 1. The Morgan fingerprint density at radius 3 is 2.53 bits per heavy atom. The Hall–Kier alpha value is -0.680. The van der Waals surface area contributed by atoms with E-state index in [0.29, 0.717) is 12.3 Å². The fourth-order valence-corrected chi connectivity index (χ4v) is 1.94. The summed E-state index contributed by atoms with van der Waals surface area (Å²) in [4.78, 5) is 16.7. The Labute approximate surface area is 102 Å². The molecule has 1 aliphatic rings. The molecule has 4 nitrogen and oxygen atoms in total. The molecule has 0 aliphatic carbocycles. The first-order valence-electron chi connectivity index (χ1n) is 6.15. The van der Waals surface area contributed by atoms with E-state index in [-0.39, 0.29) is 12.5 Å². The number of piperidine rings is 1.